The Morgan fingerprint density at radius 3 is 0.929 bits per heavy atom. The molecule has 28 heteroatoms. The number of ether oxygens (including phenoxy) is 7. The summed E-state index contributed by atoms with van der Waals surface area (Å²) in [5, 5.41) is 25.3. The Labute approximate surface area is 743 Å². The lowest BCUT2D eigenvalue weighted by Crippen LogP contribution is -2.46. The molecule has 2 atom stereocenters. The molecule has 0 saturated heterocycles. The summed E-state index contributed by atoms with van der Waals surface area (Å²) in [6, 6.07) is 82.8. The fraction of sp³-hybridized carbons (Fsp3) is 0.293. The lowest BCUT2D eigenvalue weighted by Gasteiger charge is -2.28. The SMILES string of the molecule is CCO[Si](CCCCC(=O)OCCOCCOC(=O)C(C)Oc1ccc(-c2nc(-c3ccc(-c4ccccc4)cc3)nc(-c3ccc(-c4ccccc4)cc3)n2)c(O)c1)(OCC)OCC.CCO[Si](CCCNC(=O)OCCOC(=O)C(C)Oc1ccc(-c2nc(-c3ccc(-c4ccccc4)cc3)nc(-c3ccc(-c4ccccc4)cc3)n2)c(O)c1)(OCC)OCC. The number of nitrogens with zero attached hydrogens (tertiary/aromatic N) is 6. The third-order valence-corrected chi connectivity index (χ3v) is 26.0. The number of amides is 1. The number of esters is 3. The maximum absolute atomic E-state index is 12.8. The third kappa shape index (κ3) is 28.4. The molecule has 127 heavy (non-hydrogen) atoms. The molecule has 2 aromatic heterocycles. The number of carbonyl (C=O) groups excluding carboxylic acids is 4. The largest absolute Gasteiger partial charge is 0.507 e. The summed E-state index contributed by atoms with van der Waals surface area (Å²) in [5.74, 6) is 0.797. The van der Waals surface area contributed by atoms with Gasteiger partial charge in [0.2, 0.25) is 0 Å². The molecule has 0 aliphatic rings. The van der Waals surface area contributed by atoms with Crippen LogP contribution in [0.4, 0.5) is 4.79 Å². The maximum atomic E-state index is 12.8. The highest BCUT2D eigenvalue weighted by atomic mass is 28.4. The lowest BCUT2D eigenvalue weighted by molar-refractivity contribution is -0.153. The molecule has 0 aliphatic carbocycles. The molecule has 0 spiro atoms. The molecule has 26 nitrogen and oxygen atoms in total. The van der Waals surface area contributed by atoms with Crippen LogP contribution in [-0.2, 0) is 64.6 Å². The Hall–Kier alpha value is -12.7. The first-order valence-corrected chi connectivity index (χ1v) is 46.7. The molecule has 3 N–H and O–H groups in total. The van der Waals surface area contributed by atoms with E-state index in [1.807, 2.05) is 211 Å². The number of benzene rings is 10. The number of unbranched alkanes of at least 4 members (excludes halogenated alkanes) is 1. The number of aromatic nitrogens is 6. The predicted octanol–water partition coefficient (Wildman–Crippen LogP) is 19.4. The fourth-order valence-electron chi connectivity index (χ4n) is 13.6. The second-order valence-electron chi connectivity index (χ2n) is 28.8. The van der Waals surface area contributed by atoms with Gasteiger partial charge in [-0.3, -0.25) is 4.79 Å². The smallest absolute Gasteiger partial charge is 0.500 e. The van der Waals surface area contributed by atoms with E-state index in [1.54, 1.807) is 31.2 Å². The first-order chi connectivity index (χ1) is 61.9. The molecule has 0 bridgehead atoms. The van der Waals surface area contributed by atoms with E-state index in [0.717, 1.165) is 73.2 Å². The molecular formula is C99H109N7O19Si2. The van der Waals surface area contributed by atoms with Gasteiger partial charge in [-0.2, -0.15) is 0 Å². The number of nitrogens with one attached hydrogen (secondary N) is 1. The molecule has 0 aliphatic heterocycles. The van der Waals surface area contributed by atoms with Crippen LogP contribution in [0.15, 0.2) is 255 Å². The van der Waals surface area contributed by atoms with Gasteiger partial charge in [-0.25, -0.2) is 44.3 Å². The highest BCUT2D eigenvalue weighted by Gasteiger charge is 2.41. The van der Waals surface area contributed by atoms with Crippen molar-refractivity contribution in [2.45, 2.75) is 105 Å². The summed E-state index contributed by atoms with van der Waals surface area (Å²) in [4.78, 5) is 78.9. The van der Waals surface area contributed by atoms with E-state index in [0.29, 0.717) is 106 Å². The van der Waals surface area contributed by atoms with Crippen molar-refractivity contribution in [3.8, 4) is 136 Å². The fourth-order valence-corrected chi connectivity index (χ4v) is 18.9. The number of hydrogen-bond donors (Lipinski definition) is 3. The van der Waals surface area contributed by atoms with Gasteiger partial charge in [0.15, 0.2) is 47.2 Å². The molecule has 0 fully saturated rings. The van der Waals surface area contributed by atoms with Crippen LogP contribution in [0.5, 0.6) is 23.0 Å². The summed E-state index contributed by atoms with van der Waals surface area (Å²) in [6.07, 6.45) is -0.479. The van der Waals surface area contributed by atoms with E-state index >= 15 is 0 Å². The van der Waals surface area contributed by atoms with Gasteiger partial charge in [0.05, 0.1) is 24.3 Å². The number of alkyl carbamates (subject to hydrolysis) is 1. The van der Waals surface area contributed by atoms with Crippen LogP contribution >= 0.6 is 0 Å². The Bertz CT molecular complexity index is 5190. The van der Waals surface area contributed by atoms with Gasteiger partial charge in [0, 0.05) is 99.1 Å². The molecule has 12 aromatic rings. The van der Waals surface area contributed by atoms with E-state index in [1.165, 1.54) is 19.1 Å². The number of hydrogen-bond acceptors (Lipinski definition) is 25. The van der Waals surface area contributed by atoms with E-state index in [-0.39, 0.29) is 86.7 Å². The van der Waals surface area contributed by atoms with Crippen molar-refractivity contribution in [3.05, 3.63) is 255 Å². The Balaban J connectivity index is 0.000000247. The van der Waals surface area contributed by atoms with Gasteiger partial charge >= 0.3 is 41.6 Å². The minimum atomic E-state index is -2.80. The zero-order valence-corrected chi connectivity index (χ0v) is 74.9. The second-order valence-corrected chi connectivity index (χ2v) is 34.2. The van der Waals surface area contributed by atoms with Crippen molar-refractivity contribution in [2.24, 2.45) is 0 Å². The summed E-state index contributed by atoms with van der Waals surface area (Å²) >= 11 is 0. The molecule has 12 rings (SSSR count). The van der Waals surface area contributed by atoms with Crippen LogP contribution < -0.4 is 14.8 Å². The van der Waals surface area contributed by atoms with Crippen molar-refractivity contribution in [1.82, 2.24) is 35.2 Å². The topological polar surface area (TPSA) is 318 Å². The van der Waals surface area contributed by atoms with Crippen molar-refractivity contribution in [1.29, 1.82) is 0 Å². The lowest BCUT2D eigenvalue weighted by atomic mass is 10.0. The standard InChI is InChI=1S/C51H57N3O10Si.C48H52N4O9Si/c1-5-61-65(62-6-2,63-7-3)35-15-14-20-47(56)59-33-31-58-32-34-60-51(57)37(4)64-44-29-30-45(46(55)36-44)50-53-48(42-25-21-40(22-26-42)38-16-10-8-11-17-38)52-49(54-50)43-27-23-41(24-28-43)39-18-12-9-13-19-39;1-5-58-62(59-6-2,60-7-3)32-14-29-49-48(55)57-31-30-56-47(54)34(4)61-41-27-28-42(43(53)33-41)46-51-44(39-23-19-37(20-24-39)35-15-10-8-11-16-35)50-45(52-46)40-25-21-38(22-26-40)36-17-12-9-13-18-36/h8-13,16-19,21-30,36-37,55H,5-7,14-15,20,31-35H2,1-4H3;8-13,15-28,33-34,53H,5-7,14,29-32H2,1-4H3,(H,49,55). The minimum absolute atomic E-state index is 0.0240. The summed E-state index contributed by atoms with van der Waals surface area (Å²) < 4.78 is 73.3. The number of aromatic hydroxyl groups is 2. The highest BCUT2D eigenvalue weighted by molar-refractivity contribution is 6.61. The number of rotatable bonds is 46. The van der Waals surface area contributed by atoms with Crippen LogP contribution in [-0.4, -0.2) is 180 Å². The van der Waals surface area contributed by atoms with Crippen molar-refractivity contribution in [3.63, 3.8) is 0 Å². The van der Waals surface area contributed by atoms with E-state index in [2.05, 4.69) is 53.8 Å². The molecule has 1 amide bonds. The van der Waals surface area contributed by atoms with Crippen molar-refractivity contribution >= 4 is 41.6 Å². The van der Waals surface area contributed by atoms with E-state index in [4.69, 9.17) is 89.6 Å². The molecule has 0 saturated carbocycles. The van der Waals surface area contributed by atoms with Crippen molar-refractivity contribution < 1.29 is 89.1 Å². The summed E-state index contributed by atoms with van der Waals surface area (Å²) in [7, 11) is -5.54. The van der Waals surface area contributed by atoms with Crippen LogP contribution in [0, 0.1) is 0 Å². The maximum Gasteiger partial charge on any atom is 0.500 e. The van der Waals surface area contributed by atoms with Gasteiger partial charge < -0.3 is 75.2 Å². The molecular weight excluding hydrogens is 1650 g/mol. The number of phenolic OH excluding ortho intramolecular Hbond substituents is 2. The van der Waals surface area contributed by atoms with E-state index in [9.17, 15) is 29.4 Å². The molecule has 2 unspecified atom stereocenters. The van der Waals surface area contributed by atoms with Crippen LogP contribution in [0.2, 0.25) is 12.1 Å². The Morgan fingerprint density at radius 2 is 0.606 bits per heavy atom. The zero-order valence-electron chi connectivity index (χ0n) is 72.9. The van der Waals surface area contributed by atoms with Gasteiger partial charge in [-0.05, 0) is 143 Å². The average Bonchev–Trinajstić information content (AvgIpc) is 0.790. The first-order valence-electron chi connectivity index (χ1n) is 42.9. The van der Waals surface area contributed by atoms with Gasteiger partial charge in [0.25, 0.3) is 0 Å². The third-order valence-electron chi connectivity index (χ3n) is 19.7. The highest BCUT2D eigenvalue weighted by Crippen LogP contribution is 2.38. The quantitative estimate of drug-likeness (QED) is 0.0138. The average molecular weight is 1760 g/mol. The normalized spacial score (nSPS) is 11.8. The molecule has 2 heterocycles. The van der Waals surface area contributed by atoms with E-state index < -0.39 is 47.8 Å². The zero-order chi connectivity index (χ0) is 89.6. The Morgan fingerprint density at radius 1 is 0.323 bits per heavy atom. The molecule has 0 radical (unpaired) electrons. The minimum Gasteiger partial charge on any atom is -0.507 e. The van der Waals surface area contributed by atoms with Gasteiger partial charge in [-0.15, -0.1) is 0 Å². The predicted molar refractivity (Wildman–Crippen MR) is 490 cm³/mol. The first kappa shape index (κ1) is 94.9. The van der Waals surface area contributed by atoms with Crippen LogP contribution in [0.25, 0.3) is 113 Å². The second kappa shape index (κ2) is 49.2. The van der Waals surface area contributed by atoms with Gasteiger partial charge in [0.1, 0.15) is 49.4 Å². The monoisotopic (exact) mass is 1760 g/mol. The molecule has 662 valence electrons. The summed E-state index contributed by atoms with van der Waals surface area (Å²) in [6.45, 7) is 17.8. The van der Waals surface area contributed by atoms with Crippen LogP contribution in [0.1, 0.15) is 81.1 Å². The Kier molecular flexibility index (Phi) is 36.8. The number of carbonyl (C=O) groups is 4. The van der Waals surface area contributed by atoms with Crippen molar-refractivity contribution in [2.75, 3.05) is 85.8 Å². The number of phenols is 2. The van der Waals surface area contributed by atoms with Gasteiger partial charge in [-0.1, -0.05) is 218 Å². The summed E-state index contributed by atoms with van der Waals surface area (Å²) in [5.41, 5.74) is 12.4. The van der Waals surface area contributed by atoms with Crippen LogP contribution in [0.3, 0.4) is 0 Å². The molecule has 10 aromatic carbocycles.